The number of nitro benzene ring substituents is 1. The topological polar surface area (TPSA) is 101 Å². The first-order valence-corrected chi connectivity index (χ1v) is 11.6. The van der Waals surface area contributed by atoms with Crippen LogP contribution in [0.4, 0.5) is 17.1 Å². The van der Waals surface area contributed by atoms with Crippen molar-refractivity contribution in [3.8, 4) is 5.75 Å². The van der Waals surface area contributed by atoms with Crippen LogP contribution in [0.25, 0.3) is 0 Å². The number of fused-ring (bicyclic) bond motifs is 3. The minimum atomic E-state index is -0.384. The molecule has 5 rings (SSSR count). The van der Waals surface area contributed by atoms with Crippen LogP contribution in [-0.4, -0.2) is 48.6 Å². The van der Waals surface area contributed by atoms with Gasteiger partial charge in [0.2, 0.25) is 5.91 Å². The molecule has 3 heterocycles. The SMILES string of the molecule is COc1ccccc1N1CCN2c3ccc([N+](=O)[O-])cc3C[C@H](C(=O)NCc3ccncc3)[C@H]2C1. The maximum atomic E-state index is 13.5. The second-order valence-corrected chi connectivity index (χ2v) is 8.83. The number of rotatable bonds is 6. The van der Waals surface area contributed by atoms with Gasteiger partial charge in [0.1, 0.15) is 5.75 Å². The van der Waals surface area contributed by atoms with Crippen molar-refractivity contribution < 1.29 is 14.5 Å². The summed E-state index contributed by atoms with van der Waals surface area (Å²) in [6, 6.07) is 16.5. The van der Waals surface area contributed by atoms with E-state index in [1.807, 2.05) is 42.5 Å². The molecule has 0 bridgehead atoms. The van der Waals surface area contributed by atoms with E-state index in [2.05, 4.69) is 20.1 Å². The quantitative estimate of drug-likeness (QED) is 0.433. The Balaban J connectivity index is 1.45. The van der Waals surface area contributed by atoms with E-state index >= 15 is 0 Å². The lowest BCUT2D eigenvalue weighted by Gasteiger charge is -2.49. The first-order chi connectivity index (χ1) is 17.0. The summed E-state index contributed by atoms with van der Waals surface area (Å²) in [6.07, 6.45) is 3.84. The first kappa shape index (κ1) is 22.6. The third-order valence-electron chi connectivity index (χ3n) is 6.88. The van der Waals surface area contributed by atoms with Gasteiger partial charge in [-0.2, -0.15) is 0 Å². The van der Waals surface area contributed by atoms with Gasteiger partial charge in [-0.15, -0.1) is 0 Å². The smallest absolute Gasteiger partial charge is 0.269 e. The Labute approximate surface area is 203 Å². The molecule has 9 heteroatoms. The number of pyridine rings is 1. The number of para-hydroxylation sites is 2. The van der Waals surface area contributed by atoms with Gasteiger partial charge in [0.05, 0.1) is 29.7 Å². The van der Waals surface area contributed by atoms with Crippen molar-refractivity contribution in [2.75, 3.05) is 36.5 Å². The van der Waals surface area contributed by atoms with Crippen molar-refractivity contribution in [3.63, 3.8) is 0 Å². The van der Waals surface area contributed by atoms with Crippen molar-refractivity contribution in [1.29, 1.82) is 0 Å². The molecule has 35 heavy (non-hydrogen) atoms. The second-order valence-electron chi connectivity index (χ2n) is 8.83. The van der Waals surface area contributed by atoms with Crippen LogP contribution >= 0.6 is 0 Å². The number of nitrogens with one attached hydrogen (secondary N) is 1. The van der Waals surface area contributed by atoms with Gasteiger partial charge in [-0.3, -0.25) is 19.9 Å². The molecular formula is C26H27N5O4. The Morgan fingerprint density at radius 3 is 2.71 bits per heavy atom. The number of anilines is 2. The zero-order chi connectivity index (χ0) is 24.4. The number of hydrogen-bond acceptors (Lipinski definition) is 7. The number of ether oxygens (including phenoxy) is 1. The molecule has 0 saturated carbocycles. The molecule has 2 atom stereocenters. The summed E-state index contributed by atoms with van der Waals surface area (Å²) in [5, 5.41) is 14.5. The number of non-ortho nitro benzene ring substituents is 1. The highest BCUT2D eigenvalue weighted by atomic mass is 16.6. The summed E-state index contributed by atoms with van der Waals surface area (Å²) in [5.41, 5.74) is 3.82. The highest BCUT2D eigenvalue weighted by Gasteiger charge is 2.42. The number of nitrogens with zero attached hydrogens (tertiary/aromatic N) is 4. The number of benzene rings is 2. The molecule has 0 aliphatic carbocycles. The minimum Gasteiger partial charge on any atom is -0.495 e. The van der Waals surface area contributed by atoms with Gasteiger partial charge in [-0.25, -0.2) is 0 Å². The van der Waals surface area contributed by atoms with Gasteiger partial charge in [0, 0.05) is 56.4 Å². The molecule has 1 amide bonds. The average Bonchev–Trinajstić information content (AvgIpc) is 2.91. The Hall–Kier alpha value is -4.14. The van der Waals surface area contributed by atoms with E-state index in [0.717, 1.165) is 34.8 Å². The summed E-state index contributed by atoms with van der Waals surface area (Å²) in [4.78, 5) is 33.0. The van der Waals surface area contributed by atoms with Crippen LogP contribution in [-0.2, 0) is 17.8 Å². The van der Waals surface area contributed by atoms with E-state index in [1.54, 1.807) is 31.6 Å². The number of aromatic nitrogens is 1. The lowest BCUT2D eigenvalue weighted by Crippen LogP contribution is -2.61. The summed E-state index contributed by atoms with van der Waals surface area (Å²) >= 11 is 0. The van der Waals surface area contributed by atoms with Crippen LogP contribution < -0.4 is 19.9 Å². The fourth-order valence-corrected chi connectivity index (χ4v) is 5.15. The number of amides is 1. The molecule has 9 nitrogen and oxygen atoms in total. The zero-order valence-corrected chi connectivity index (χ0v) is 19.5. The number of methoxy groups -OCH3 is 1. The van der Waals surface area contributed by atoms with E-state index in [4.69, 9.17) is 4.74 Å². The van der Waals surface area contributed by atoms with Gasteiger partial charge in [0.15, 0.2) is 0 Å². The molecule has 1 fully saturated rings. The summed E-state index contributed by atoms with van der Waals surface area (Å²) in [7, 11) is 1.66. The van der Waals surface area contributed by atoms with Crippen LogP contribution in [0.2, 0.25) is 0 Å². The number of carbonyl (C=O) groups excluding carboxylic acids is 1. The Kier molecular flexibility index (Phi) is 6.22. The largest absolute Gasteiger partial charge is 0.495 e. The average molecular weight is 474 g/mol. The maximum absolute atomic E-state index is 13.5. The molecule has 2 aliphatic rings. The molecule has 1 saturated heterocycles. The molecule has 2 aliphatic heterocycles. The third kappa shape index (κ3) is 4.49. The lowest BCUT2D eigenvalue weighted by atomic mass is 9.83. The normalized spacial score (nSPS) is 18.9. The van der Waals surface area contributed by atoms with Crippen LogP contribution in [0.15, 0.2) is 67.0 Å². The molecule has 180 valence electrons. The minimum absolute atomic E-state index is 0.0470. The highest BCUT2D eigenvalue weighted by molar-refractivity contribution is 5.82. The van der Waals surface area contributed by atoms with Crippen LogP contribution in [0.5, 0.6) is 5.75 Å². The van der Waals surface area contributed by atoms with E-state index in [0.29, 0.717) is 26.1 Å². The van der Waals surface area contributed by atoms with Crippen molar-refractivity contribution in [3.05, 3.63) is 88.2 Å². The maximum Gasteiger partial charge on any atom is 0.269 e. The van der Waals surface area contributed by atoms with Gasteiger partial charge in [-0.1, -0.05) is 12.1 Å². The molecule has 3 aromatic rings. The summed E-state index contributed by atoms with van der Waals surface area (Å²) < 4.78 is 5.58. The van der Waals surface area contributed by atoms with Crippen LogP contribution in [0.1, 0.15) is 11.1 Å². The zero-order valence-electron chi connectivity index (χ0n) is 19.5. The van der Waals surface area contributed by atoms with Gasteiger partial charge < -0.3 is 19.9 Å². The first-order valence-electron chi connectivity index (χ1n) is 11.6. The molecule has 2 aromatic carbocycles. The number of hydrogen-bond donors (Lipinski definition) is 1. The Morgan fingerprint density at radius 1 is 1.14 bits per heavy atom. The molecule has 0 unspecified atom stereocenters. The van der Waals surface area contributed by atoms with Gasteiger partial charge in [-0.05, 0) is 47.9 Å². The van der Waals surface area contributed by atoms with Crippen LogP contribution in [0.3, 0.4) is 0 Å². The van der Waals surface area contributed by atoms with Gasteiger partial charge in [0.25, 0.3) is 5.69 Å². The Morgan fingerprint density at radius 2 is 1.94 bits per heavy atom. The van der Waals surface area contributed by atoms with E-state index in [9.17, 15) is 14.9 Å². The molecular weight excluding hydrogens is 446 g/mol. The van der Waals surface area contributed by atoms with Crippen molar-refractivity contribution in [2.45, 2.75) is 19.0 Å². The predicted molar refractivity (Wildman–Crippen MR) is 133 cm³/mol. The van der Waals surface area contributed by atoms with E-state index in [-0.39, 0.29) is 28.5 Å². The summed E-state index contributed by atoms with van der Waals surface area (Å²) in [5.74, 6) is 0.381. The number of piperazine rings is 1. The van der Waals surface area contributed by atoms with Crippen molar-refractivity contribution in [1.82, 2.24) is 10.3 Å². The van der Waals surface area contributed by atoms with Crippen molar-refractivity contribution in [2.24, 2.45) is 5.92 Å². The van der Waals surface area contributed by atoms with Crippen molar-refractivity contribution >= 4 is 23.0 Å². The molecule has 0 spiro atoms. The fraction of sp³-hybridized carbons (Fsp3) is 0.308. The number of nitro groups is 1. The third-order valence-corrected chi connectivity index (χ3v) is 6.88. The van der Waals surface area contributed by atoms with Gasteiger partial charge >= 0.3 is 0 Å². The summed E-state index contributed by atoms with van der Waals surface area (Å²) in [6.45, 7) is 2.49. The molecule has 0 radical (unpaired) electrons. The highest BCUT2D eigenvalue weighted by Crippen LogP contribution is 2.39. The monoisotopic (exact) mass is 473 g/mol. The molecule has 1 aromatic heterocycles. The van der Waals surface area contributed by atoms with Crippen LogP contribution in [0, 0.1) is 16.0 Å². The second kappa shape index (κ2) is 9.61. The fourth-order valence-electron chi connectivity index (χ4n) is 5.15. The van der Waals surface area contributed by atoms with E-state index < -0.39 is 0 Å². The molecule has 1 N–H and O–H groups in total. The van der Waals surface area contributed by atoms with E-state index in [1.165, 1.54) is 0 Å². The standard InChI is InChI=1S/C26H27N5O4/c1-35-25-5-3-2-4-23(25)29-12-13-30-22-7-6-20(31(33)34)14-19(22)15-21(24(30)17-29)26(32)28-16-18-8-10-27-11-9-18/h2-11,14,21,24H,12-13,15-17H2,1H3,(H,28,32)/t21-,24+/m0/s1. The lowest BCUT2D eigenvalue weighted by molar-refractivity contribution is -0.384. The number of carbonyl (C=O) groups is 1. The Bertz CT molecular complexity index is 1240. The predicted octanol–water partition coefficient (Wildman–Crippen LogP) is 3.18.